The van der Waals surface area contributed by atoms with E-state index in [-0.39, 0.29) is 17.1 Å². The molecule has 0 N–H and O–H groups in total. The molecule has 1 saturated heterocycles. The highest BCUT2D eigenvalue weighted by atomic mass is 35.5. The van der Waals surface area contributed by atoms with Crippen molar-refractivity contribution in [3.63, 3.8) is 0 Å². The fourth-order valence-electron chi connectivity index (χ4n) is 5.02. The smallest absolute Gasteiger partial charge is 0.136 e. The third kappa shape index (κ3) is 3.22. The minimum atomic E-state index is -0.316. The second-order valence-corrected chi connectivity index (χ2v) is 10.3. The second kappa shape index (κ2) is 7.85. The van der Waals surface area contributed by atoms with E-state index in [1.165, 1.54) is 16.8 Å². The van der Waals surface area contributed by atoms with Gasteiger partial charge in [0.2, 0.25) is 0 Å². The van der Waals surface area contributed by atoms with Gasteiger partial charge in [0, 0.05) is 27.8 Å². The van der Waals surface area contributed by atoms with Crippen molar-refractivity contribution in [2.24, 2.45) is 5.92 Å². The van der Waals surface area contributed by atoms with Crippen molar-refractivity contribution in [1.29, 1.82) is 0 Å². The predicted molar refractivity (Wildman–Crippen MR) is 126 cm³/mol. The molecular weight excluding hydrogens is 419 g/mol. The van der Waals surface area contributed by atoms with Crippen LogP contribution in [-0.2, 0) is 5.54 Å². The summed E-state index contributed by atoms with van der Waals surface area (Å²) in [6, 6.07) is 17.5. The summed E-state index contributed by atoms with van der Waals surface area (Å²) in [5, 5.41) is 3.88. The monoisotopic (exact) mass is 446 g/mol. The van der Waals surface area contributed by atoms with E-state index in [0.717, 1.165) is 10.0 Å². The molecule has 154 valence electrons. The summed E-state index contributed by atoms with van der Waals surface area (Å²) < 4.78 is 0. The lowest BCUT2D eigenvalue weighted by molar-refractivity contribution is 0.174. The molecule has 2 heterocycles. The van der Waals surface area contributed by atoms with Crippen molar-refractivity contribution < 1.29 is 0 Å². The van der Waals surface area contributed by atoms with Crippen molar-refractivity contribution in [1.82, 2.24) is 9.80 Å². The summed E-state index contributed by atoms with van der Waals surface area (Å²) in [7, 11) is 0. The molecule has 2 atom stereocenters. The zero-order valence-electron chi connectivity index (χ0n) is 17.6. The topological polar surface area (TPSA) is 6.48 Å². The number of fused-ring (bicyclic) bond motifs is 1. The van der Waals surface area contributed by atoms with Gasteiger partial charge in [-0.2, -0.15) is 0 Å². The van der Waals surface area contributed by atoms with Crippen LogP contribution in [0.2, 0.25) is 10.0 Å². The third-order valence-electron chi connectivity index (χ3n) is 6.25. The van der Waals surface area contributed by atoms with Gasteiger partial charge in [0.25, 0.3) is 0 Å². The molecule has 0 bridgehead atoms. The first-order chi connectivity index (χ1) is 13.8. The first-order valence-electron chi connectivity index (χ1n) is 10.2. The molecule has 2 nitrogen and oxygen atoms in total. The Kier molecular flexibility index (Phi) is 5.71. The Balaban J connectivity index is 2.02. The molecule has 2 aromatic carbocycles. The Hall–Kier alpha value is -1.13. The normalized spacial score (nSPS) is 23.8. The average Bonchev–Trinajstić information content (AvgIpc) is 3.20. The lowest BCUT2D eigenvalue weighted by Crippen LogP contribution is -2.49. The van der Waals surface area contributed by atoms with E-state index in [4.69, 9.17) is 23.2 Å². The molecule has 29 heavy (non-hydrogen) atoms. The molecule has 0 spiro atoms. The van der Waals surface area contributed by atoms with Crippen LogP contribution < -0.4 is 0 Å². The van der Waals surface area contributed by atoms with Crippen molar-refractivity contribution >= 4 is 35.0 Å². The molecule has 0 aromatic heterocycles. The molecule has 5 heteroatoms. The van der Waals surface area contributed by atoms with Crippen LogP contribution >= 0.6 is 35.0 Å². The lowest BCUT2D eigenvalue weighted by atomic mass is 9.76. The molecule has 2 aliphatic rings. The van der Waals surface area contributed by atoms with Crippen molar-refractivity contribution in [3.8, 4) is 0 Å². The standard InChI is InChI=1S/C24H28Cl2N2S/c1-15(2)22-14-29-23-27(16(3)4)17(5)24(28(22)23,18-6-10-20(25)11-7-18)19-8-12-21(26)13-9-19/h6-17,23H,1-5H3. The first kappa shape index (κ1) is 21.1. The van der Waals surface area contributed by atoms with Crippen LogP contribution in [0.1, 0.15) is 45.7 Å². The van der Waals surface area contributed by atoms with Crippen molar-refractivity contribution in [3.05, 3.63) is 80.8 Å². The largest absolute Gasteiger partial charge is 0.334 e. The summed E-state index contributed by atoms with van der Waals surface area (Å²) in [6.07, 6.45) is 0. The van der Waals surface area contributed by atoms with Gasteiger partial charge >= 0.3 is 0 Å². The molecule has 0 amide bonds. The van der Waals surface area contributed by atoms with E-state index in [1.54, 1.807) is 0 Å². The van der Waals surface area contributed by atoms with Gasteiger partial charge in [0.05, 0.1) is 0 Å². The maximum Gasteiger partial charge on any atom is 0.136 e. The molecule has 4 rings (SSSR count). The van der Waals surface area contributed by atoms with Crippen LogP contribution in [0.25, 0.3) is 0 Å². The fraction of sp³-hybridized carbons (Fsp3) is 0.417. The minimum Gasteiger partial charge on any atom is -0.334 e. The van der Waals surface area contributed by atoms with Gasteiger partial charge in [0.1, 0.15) is 11.0 Å². The van der Waals surface area contributed by atoms with E-state index < -0.39 is 0 Å². The molecule has 0 aliphatic carbocycles. The summed E-state index contributed by atoms with van der Waals surface area (Å²) in [5.41, 5.74) is 3.87. The number of benzene rings is 2. The van der Waals surface area contributed by atoms with E-state index in [1.807, 2.05) is 36.0 Å². The molecule has 2 aromatic rings. The molecule has 2 aliphatic heterocycles. The summed E-state index contributed by atoms with van der Waals surface area (Å²) >= 11 is 14.5. The Morgan fingerprint density at radius 1 is 0.862 bits per heavy atom. The highest BCUT2D eigenvalue weighted by molar-refractivity contribution is 8.02. The number of rotatable bonds is 4. The highest BCUT2D eigenvalue weighted by Crippen LogP contribution is 2.57. The maximum absolute atomic E-state index is 6.28. The number of hydrogen-bond donors (Lipinski definition) is 0. The van der Waals surface area contributed by atoms with Crippen LogP contribution in [-0.4, -0.2) is 27.4 Å². The number of allylic oxidation sites excluding steroid dienone is 1. The molecule has 2 unspecified atom stereocenters. The van der Waals surface area contributed by atoms with Gasteiger partial charge in [-0.15, -0.1) is 0 Å². The Labute approximate surface area is 188 Å². The summed E-state index contributed by atoms with van der Waals surface area (Å²) in [5.74, 6) is 0.436. The summed E-state index contributed by atoms with van der Waals surface area (Å²) in [4.78, 5) is 5.29. The van der Waals surface area contributed by atoms with Crippen LogP contribution in [0.4, 0.5) is 0 Å². The van der Waals surface area contributed by atoms with Crippen molar-refractivity contribution in [2.45, 2.75) is 57.7 Å². The average molecular weight is 447 g/mol. The molecular formula is C24H28Cl2N2S. The minimum absolute atomic E-state index is 0.268. The Morgan fingerprint density at radius 3 is 1.76 bits per heavy atom. The lowest BCUT2D eigenvalue weighted by Gasteiger charge is -2.44. The fourth-order valence-corrected chi connectivity index (χ4v) is 6.89. The quantitative estimate of drug-likeness (QED) is 0.490. The molecule has 0 saturated carbocycles. The van der Waals surface area contributed by atoms with E-state index in [9.17, 15) is 0 Å². The predicted octanol–water partition coefficient (Wildman–Crippen LogP) is 7.18. The van der Waals surface area contributed by atoms with Gasteiger partial charge < -0.3 is 4.90 Å². The number of halogens is 2. The van der Waals surface area contributed by atoms with Gasteiger partial charge in [0.15, 0.2) is 0 Å². The van der Waals surface area contributed by atoms with Gasteiger partial charge in [-0.3, -0.25) is 4.90 Å². The number of hydrogen-bond acceptors (Lipinski definition) is 3. The van der Waals surface area contributed by atoms with Crippen LogP contribution in [0.3, 0.4) is 0 Å². The third-order valence-corrected chi connectivity index (χ3v) is 7.83. The van der Waals surface area contributed by atoms with Crippen LogP contribution in [0, 0.1) is 5.92 Å². The Morgan fingerprint density at radius 2 is 1.34 bits per heavy atom. The van der Waals surface area contributed by atoms with Crippen molar-refractivity contribution in [2.75, 3.05) is 0 Å². The zero-order chi connectivity index (χ0) is 20.9. The molecule has 1 fully saturated rings. The Bertz CT molecular complexity index is 860. The van der Waals surface area contributed by atoms with Gasteiger partial charge in [-0.25, -0.2) is 0 Å². The number of thioether (sulfide) groups is 1. The van der Waals surface area contributed by atoms with E-state index in [2.05, 4.69) is 74.1 Å². The van der Waals surface area contributed by atoms with Crippen LogP contribution in [0.5, 0.6) is 0 Å². The van der Waals surface area contributed by atoms with Gasteiger partial charge in [-0.05, 0) is 67.5 Å². The van der Waals surface area contributed by atoms with E-state index in [0.29, 0.717) is 12.0 Å². The van der Waals surface area contributed by atoms with Gasteiger partial charge in [-0.1, -0.05) is 73.1 Å². The molecule has 0 radical (unpaired) electrons. The van der Waals surface area contributed by atoms with Crippen LogP contribution in [0.15, 0.2) is 59.6 Å². The second-order valence-electron chi connectivity index (χ2n) is 8.53. The first-order valence-corrected chi connectivity index (χ1v) is 11.9. The SMILES string of the molecule is CC(C)C1=CSC2N(C(C)C)C(C)C(c3ccc(Cl)cc3)(c3ccc(Cl)cc3)N12. The number of nitrogens with zero attached hydrogens (tertiary/aromatic N) is 2. The summed E-state index contributed by atoms with van der Waals surface area (Å²) in [6.45, 7) is 11.5. The zero-order valence-corrected chi connectivity index (χ0v) is 19.9. The maximum atomic E-state index is 6.28. The van der Waals surface area contributed by atoms with E-state index >= 15 is 0 Å². The highest BCUT2D eigenvalue weighted by Gasteiger charge is 2.60.